The number of hydroxylamine groups is 2. The van der Waals surface area contributed by atoms with E-state index in [1.54, 1.807) is 20.9 Å². The molecule has 0 aliphatic heterocycles. The van der Waals surface area contributed by atoms with Gasteiger partial charge in [0.15, 0.2) is 0 Å². The maximum atomic E-state index is 10.9. The van der Waals surface area contributed by atoms with Crippen LogP contribution in [-0.2, 0) is 87.5 Å². The number of aryl methyl sites for hydroxylation is 8. The summed E-state index contributed by atoms with van der Waals surface area (Å²) < 4.78 is 7.72. The number of rotatable bonds is 22. The zero-order valence-corrected chi connectivity index (χ0v) is 69.6. The maximum Gasteiger partial charge on any atom is 1.00 e. The van der Waals surface area contributed by atoms with Gasteiger partial charge >= 0.3 is 29.6 Å². The molecule has 0 spiro atoms. The summed E-state index contributed by atoms with van der Waals surface area (Å²) in [5.74, 6) is 1.25. The normalized spacial score (nSPS) is 9.14. The van der Waals surface area contributed by atoms with Crippen LogP contribution in [0.15, 0.2) is 0 Å². The molecule has 0 aliphatic rings. The van der Waals surface area contributed by atoms with Crippen molar-refractivity contribution in [2.45, 2.75) is 221 Å². The second-order valence-corrected chi connectivity index (χ2v) is 21.2. The van der Waals surface area contributed by atoms with Gasteiger partial charge in [0.1, 0.15) is 23.1 Å². The molecule has 0 saturated heterocycles. The van der Waals surface area contributed by atoms with Gasteiger partial charge in [0.05, 0.1) is 35.8 Å². The fourth-order valence-electron chi connectivity index (χ4n) is 7.71. The second kappa shape index (κ2) is 71.2. The summed E-state index contributed by atoms with van der Waals surface area (Å²) in [5.41, 5.74) is 39.6. The Balaban J connectivity index is -0.0000000996. The van der Waals surface area contributed by atoms with Crippen molar-refractivity contribution < 1.29 is 63.2 Å². The number of alkyl halides is 2. The third kappa shape index (κ3) is 58.5. The minimum absolute atomic E-state index is 0. The van der Waals surface area contributed by atoms with E-state index in [0.717, 1.165) is 69.2 Å². The standard InChI is InChI=1S/2C9H16N2.2C8H15N3.C8H14O2.C6H12ClNO2.C6H12O.C5H9ClO.C2H3ClO.CH4.I2.HI.N3.Na/c2*1-5-6-9-7(2)10-11(4)8(9)3;2*1-6-8(4-5-9)7(2)11(3)10-6;1-4-5-8(6(2)9)7(3)10;1-8(10-2)6(9)4-3-5-7;1-3-4-5-6(2)7;1-5(7)3-2-4-6;1-2(3)4;;1-2;;1-3-2;/h2*5-6H2,1-4H3;2*4-5,9H2,1-3H3;8H,4-5H2,1-3H3;3-5H2,1-2H3;3-5H2,1-2H3;2-4H2,1H3;1H3;1H4;;1H;;/q;;;;;;;;;;;;-1;+1. The summed E-state index contributed by atoms with van der Waals surface area (Å²) in [6.07, 6.45) is 13.7. The Morgan fingerprint density at radius 2 is 0.811 bits per heavy atom. The first kappa shape index (κ1) is 109. The van der Waals surface area contributed by atoms with Gasteiger partial charge < -0.3 is 32.1 Å². The number of ketones is 4. The van der Waals surface area contributed by atoms with Crippen molar-refractivity contribution in [1.29, 1.82) is 0 Å². The molecule has 4 aromatic rings. The van der Waals surface area contributed by atoms with Gasteiger partial charge in [-0.15, -0.1) is 47.2 Å². The molecule has 21 nitrogen and oxygen atoms in total. The van der Waals surface area contributed by atoms with Gasteiger partial charge in [-0.25, -0.2) is 5.06 Å². The molecular weight excluding hydrogens is 1560 g/mol. The van der Waals surface area contributed by atoms with Crippen LogP contribution < -0.4 is 41.0 Å². The van der Waals surface area contributed by atoms with Crippen LogP contribution in [0.2, 0.25) is 0 Å². The van der Waals surface area contributed by atoms with E-state index in [4.69, 9.17) is 45.7 Å². The van der Waals surface area contributed by atoms with Gasteiger partial charge in [-0.05, 0) is 181 Å². The maximum absolute atomic E-state index is 10.9. The number of amides is 1. The molecule has 90 heavy (non-hydrogen) atoms. The summed E-state index contributed by atoms with van der Waals surface area (Å²) in [5, 5.41) is 18.1. The fraction of sp³-hybridized carbons (Fsp3) is 0.710. The molecule has 0 atom stereocenters. The number of halogens is 6. The van der Waals surface area contributed by atoms with Crippen LogP contribution in [0.25, 0.3) is 16.0 Å². The first-order chi connectivity index (χ1) is 40.7. The van der Waals surface area contributed by atoms with E-state index in [-0.39, 0.29) is 95.4 Å². The van der Waals surface area contributed by atoms with Gasteiger partial charge in [0.25, 0.3) is 0 Å². The topological polar surface area (TPSA) is 297 Å². The molecule has 0 unspecified atom stereocenters. The van der Waals surface area contributed by atoms with E-state index in [1.807, 2.05) is 67.7 Å². The molecule has 0 bridgehead atoms. The molecule has 0 radical (unpaired) electrons. The van der Waals surface area contributed by atoms with Gasteiger partial charge in [0, 0.05) is 133 Å². The van der Waals surface area contributed by atoms with Crippen LogP contribution in [0.1, 0.15) is 208 Å². The Bertz CT molecular complexity index is 2270. The van der Waals surface area contributed by atoms with Gasteiger partial charge in [-0.1, -0.05) is 60.8 Å². The summed E-state index contributed by atoms with van der Waals surface area (Å²) in [6.45, 7) is 33.9. The summed E-state index contributed by atoms with van der Waals surface area (Å²) in [7, 11) is 11.0. The monoisotopic (exact) mass is 1680 g/mol. The molecule has 0 fully saturated rings. The van der Waals surface area contributed by atoms with Crippen molar-refractivity contribution in [3.8, 4) is 0 Å². The SMILES string of the molecule is C.CC(=O)CCCCl.CC(=O)Cl.CCCC(C(C)=O)C(C)=O.CCCCC(C)=O.CCCc1c(C)nn(C)c1C.CCCc1c(C)nn(C)c1C.CON(C)C(=O)CCCCl.Cc1nn(C)c(C)c1CCN.Cc1nn(C)c(C)c1CCN.I.II.[N-]=[N+]=[N-].[Na+]. The fourth-order valence-corrected chi connectivity index (χ4v) is 7.97. The van der Waals surface area contributed by atoms with Crippen molar-refractivity contribution in [2.24, 2.45) is 45.6 Å². The van der Waals surface area contributed by atoms with Gasteiger partial charge in [0.2, 0.25) is 11.1 Å². The third-order valence-electron chi connectivity index (χ3n) is 12.7. The number of unbranched alkanes of at least 4 members (excludes halogenated alkanes) is 1. The summed E-state index contributed by atoms with van der Waals surface area (Å²) >= 11 is 19.6. The average Bonchev–Trinajstić information content (AvgIpc) is 2.18. The van der Waals surface area contributed by atoms with Crippen LogP contribution in [-0.4, -0.2) is 117 Å². The van der Waals surface area contributed by atoms with Crippen molar-refractivity contribution in [3.63, 3.8) is 0 Å². The Hall–Kier alpha value is -2.09. The molecule has 4 aromatic heterocycles. The molecule has 1 amide bonds. The summed E-state index contributed by atoms with van der Waals surface area (Å²) in [4.78, 5) is 68.1. The molecule has 4 N–H and O–H groups in total. The minimum atomic E-state index is -0.361. The van der Waals surface area contributed by atoms with Crippen molar-refractivity contribution >= 4 is 130 Å². The van der Waals surface area contributed by atoms with Crippen molar-refractivity contribution in [1.82, 2.24) is 44.2 Å². The number of carbonyl (C=O) groups is 6. The Morgan fingerprint density at radius 3 is 0.956 bits per heavy atom. The summed E-state index contributed by atoms with van der Waals surface area (Å²) in [6, 6.07) is 0. The van der Waals surface area contributed by atoms with Gasteiger partial charge in [-0.3, -0.25) is 47.7 Å². The number of nitrogens with two attached hydrogens (primary N) is 2. The first-order valence-corrected chi connectivity index (χ1v) is 37.0. The van der Waals surface area contributed by atoms with E-state index in [0.29, 0.717) is 56.3 Å². The number of Topliss-reactive ketones (excluding diaryl/α,β-unsaturated/α-hetero) is 4. The van der Waals surface area contributed by atoms with Gasteiger partial charge in [-0.2, -0.15) is 20.4 Å². The van der Waals surface area contributed by atoms with Crippen molar-refractivity contribution in [3.05, 3.63) is 83.8 Å². The van der Waals surface area contributed by atoms with Crippen LogP contribution in [0.3, 0.4) is 0 Å². The number of aromatic nitrogens is 8. The van der Waals surface area contributed by atoms with E-state index in [9.17, 15) is 28.8 Å². The van der Waals surface area contributed by atoms with E-state index >= 15 is 0 Å². The molecule has 0 saturated carbocycles. The molecule has 520 valence electrons. The van der Waals surface area contributed by atoms with E-state index in [1.165, 1.54) is 107 Å². The zero-order chi connectivity index (χ0) is 69.5. The number of nitrogens with zero attached hydrogens (tertiary/aromatic N) is 12. The Labute approximate surface area is 621 Å². The van der Waals surface area contributed by atoms with Crippen LogP contribution >= 0.6 is 96.0 Å². The number of hydrogen-bond acceptors (Lipinski definition) is 13. The second-order valence-electron chi connectivity index (χ2n) is 20.0. The Kier molecular flexibility index (Phi) is 86.6. The van der Waals surface area contributed by atoms with Crippen molar-refractivity contribution in [2.75, 3.05) is 39.0 Å². The smallest absolute Gasteiger partial charge is 0.373 e. The largest absolute Gasteiger partial charge is 1.00 e. The molecule has 0 aromatic carbocycles. The predicted octanol–water partition coefficient (Wildman–Crippen LogP) is 12.7. The van der Waals surface area contributed by atoms with Crippen LogP contribution in [0.4, 0.5) is 0 Å². The molecule has 4 heterocycles. The number of carbonyl (C=O) groups excluding carboxylic acids is 6. The van der Waals surface area contributed by atoms with Crippen LogP contribution in [0, 0.1) is 61.3 Å². The molecule has 0 aliphatic carbocycles. The quantitative estimate of drug-likeness (QED) is 0.00852. The minimum Gasteiger partial charge on any atom is -0.373 e. The zero-order valence-electron chi connectivity index (χ0n) is 58.7. The molecular formula is C62H117Cl3I3N14NaO7. The molecule has 4 rings (SSSR count). The van der Waals surface area contributed by atoms with E-state index in [2.05, 4.69) is 136 Å². The third-order valence-corrected chi connectivity index (χ3v) is 13.2. The average molecular weight is 1680 g/mol. The van der Waals surface area contributed by atoms with E-state index < -0.39 is 0 Å². The molecule has 28 heteroatoms. The first-order valence-electron chi connectivity index (χ1n) is 29.2. The van der Waals surface area contributed by atoms with Crippen LogP contribution in [0.5, 0.6) is 0 Å². The predicted molar refractivity (Wildman–Crippen MR) is 401 cm³/mol. The Morgan fingerprint density at radius 1 is 0.556 bits per heavy atom. The number of hydrogen-bond donors (Lipinski definition) is 2.